The largest absolute Gasteiger partial charge is 0.377 e. The molecule has 0 aromatic heterocycles. The monoisotopic (exact) mass is 289 g/mol. The summed E-state index contributed by atoms with van der Waals surface area (Å²) in [7, 11) is 0. The van der Waals surface area contributed by atoms with Crippen molar-refractivity contribution >= 4 is 5.69 Å². The molecule has 0 bridgehead atoms. The Morgan fingerprint density at radius 2 is 1.73 bits per heavy atom. The molecule has 2 aromatic rings. The summed E-state index contributed by atoms with van der Waals surface area (Å²) in [6.07, 6.45) is 5.95. The van der Waals surface area contributed by atoms with E-state index < -0.39 is 0 Å². The number of aryl methyl sites for hydroxylation is 2. The molecule has 0 fully saturated rings. The standard InChI is InChI=1S/C21H23N/c1-13-7-10-16(11-8-13)21-18-6-4-5-17(18)19-12-9-14(2)15(3)20(19)22-21/h4-5,7-12,17-18,21-22H,6H2,1-3H3. The quantitative estimate of drug-likeness (QED) is 0.689. The Kier molecular flexibility index (Phi) is 3.11. The number of rotatable bonds is 1. The minimum Gasteiger partial charge on any atom is -0.377 e. The van der Waals surface area contributed by atoms with Crippen LogP contribution in [0.4, 0.5) is 5.69 Å². The van der Waals surface area contributed by atoms with Crippen LogP contribution in [0.25, 0.3) is 0 Å². The zero-order valence-electron chi connectivity index (χ0n) is 13.6. The summed E-state index contributed by atoms with van der Waals surface area (Å²) in [5.74, 6) is 1.19. The van der Waals surface area contributed by atoms with Crippen LogP contribution >= 0.6 is 0 Å². The fourth-order valence-corrected chi connectivity index (χ4v) is 4.02. The van der Waals surface area contributed by atoms with E-state index >= 15 is 0 Å². The summed E-state index contributed by atoms with van der Waals surface area (Å²) in [5.41, 5.74) is 8.34. The highest BCUT2D eigenvalue weighted by molar-refractivity contribution is 5.65. The number of allylic oxidation sites excluding steroid dienone is 2. The van der Waals surface area contributed by atoms with E-state index in [1.54, 1.807) is 0 Å². The molecule has 1 aliphatic carbocycles. The van der Waals surface area contributed by atoms with E-state index in [1.807, 2.05) is 0 Å². The molecule has 0 amide bonds. The number of hydrogen-bond acceptors (Lipinski definition) is 1. The van der Waals surface area contributed by atoms with E-state index in [2.05, 4.69) is 74.6 Å². The molecule has 1 nitrogen and oxygen atoms in total. The lowest BCUT2D eigenvalue weighted by Crippen LogP contribution is -2.29. The van der Waals surface area contributed by atoms with Gasteiger partial charge in [-0.3, -0.25) is 0 Å². The summed E-state index contributed by atoms with van der Waals surface area (Å²) in [5, 5.41) is 3.87. The van der Waals surface area contributed by atoms with Crippen molar-refractivity contribution < 1.29 is 0 Å². The first kappa shape index (κ1) is 13.6. The maximum Gasteiger partial charge on any atom is 0.0554 e. The van der Waals surface area contributed by atoms with Crippen molar-refractivity contribution in [3.8, 4) is 0 Å². The Hall–Kier alpha value is -2.02. The average molecular weight is 289 g/mol. The molecule has 0 saturated heterocycles. The van der Waals surface area contributed by atoms with Gasteiger partial charge in [-0.15, -0.1) is 0 Å². The first-order valence-electron chi connectivity index (χ1n) is 8.25. The highest BCUT2D eigenvalue weighted by Crippen LogP contribution is 2.50. The lowest BCUT2D eigenvalue weighted by Gasteiger charge is -2.38. The van der Waals surface area contributed by atoms with Crippen LogP contribution in [-0.2, 0) is 0 Å². The predicted molar refractivity (Wildman–Crippen MR) is 93.4 cm³/mol. The first-order chi connectivity index (χ1) is 10.6. The van der Waals surface area contributed by atoms with Gasteiger partial charge in [0, 0.05) is 11.6 Å². The van der Waals surface area contributed by atoms with Crippen LogP contribution in [0.15, 0.2) is 48.6 Å². The van der Waals surface area contributed by atoms with Crippen molar-refractivity contribution in [3.05, 3.63) is 76.4 Å². The third kappa shape index (κ3) is 1.99. The molecule has 2 aliphatic rings. The van der Waals surface area contributed by atoms with Gasteiger partial charge >= 0.3 is 0 Å². The molecule has 2 aromatic carbocycles. The number of hydrogen-bond donors (Lipinski definition) is 1. The fourth-order valence-electron chi connectivity index (χ4n) is 4.02. The minimum absolute atomic E-state index is 0.411. The highest BCUT2D eigenvalue weighted by atomic mass is 15.0. The molecule has 3 atom stereocenters. The molecule has 0 radical (unpaired) electrons. The van der Waals surface area contributed by atoms with Gasteiger partial charge in [-0.1, -0.05) is 54.1 Å². The molecular weight excluding hydrogens is 266 g/mol. The Balaban J connectivity index is 1.82. The molecule has 1 heteroatoms. The van der Waals surface area contributed by atoms with Crippen LogP contribution in [-0.4, -0.2) is 0 Å². The van der Waals surface area contributed by atoms with Crippen LogP contribution in [0.5, 0.6) is 0 Å². The van der Waals surface area contributed by atoms with E-state index in [-0.39, 0.29) is 0 Å². The van der Waals surface area contributed by atoms with Gasteiger partial charge in [0.2, 0.25) is 0 Å². The Labute approximate surface area is 133 Å². The van der Waals surface area contributed by atoms with Gasteiger partial charge in [-0.2, -0.15) is 0 Å². The first-order valence-corrected chi connectivity index (χ1v) is 8.25. The second-order valence-corrected chi connectivity index (χ2v) is 6.86. The Bertz CT molecular complexity index is 739. The van der Waals surface area contributed by atoms with Crippen LogP contribution in [0, 0.1) is 26.7 Å². The molecule has 1 aliphatic heterocycles. The second-order valence-electron chi connectivity index (χ2n) is 6.86. The van der Waals surface area contributed by atoms with E-state index in [4.69, 9.17) is 0 Å². The highest BCUT2D eigenvalue weighted by Gasteiger charge is 2.38. The summed E-state index contributed by atoms with van der Waals surface area (Å²) in [6, 6.07) is 14.0. The van der Waals surface area contributed by atoms with E-state index in [9.17, 15) is 0 Å². The lowest BCUT2D eigenvalue weighted by atomic mass is 9.76. The third-order valence-corrected chi connectivity index (χ3v) is 5.50. The van der Waals surface area contributed by atoms with E-state index in [0.717, 1.165) is 0 Å². The van der Waals surface area contributed by atoms with Gasteiger partial charge in [0.05, 0.1) is 6.04 Å². The van der Waals surface area contributed by atoms with Crippen molar-refractivity contribution in [1.29, 1.82) is 0 Å². The van der Waals surface area contributed by atoms with Gasteiger partial charge < -0.3 is 5.32 Å². The Morgan fingerprint density at radius 1 is 0.955 bits per heavy atom. The fraction of sp³-hybridized carbons (Fsp3) is 0.333. The van der Waals surface area contributed by atoms with Crippen molar-refractivity contribution in [2.45, 2.75) is 39.2 Å². The number of benzene rings is 2. The Morgan fingerprint density at radius 3 is 2.50 bits per heavy atom. The third-order valence-electron chi connectivity index (χ3n) is 5.50. The molecule has 0 spiro atoms. The maximum atomic E-state index is 3.87. The minimum atomic E-state index is 0.411. The summed E-state index contributed by atoms with van der Waals surface area (Å²) >= 11 is 0. The van der Waals surface area contributed by atoms with Crippen LogP contribution < -0.4 is 5.32 Å². The van der Waals surface area contributed by atoms with Gasteiger partial charge in [-0.05, 0) is 55.4 Å². The van der Waals surface area contributed by atoms with Gasteiger partial charge in [0.1, 0.15) is 0 Å². The van der Waals surface area contributed by atoms with Crippen LogP contribution in [0.2, 0.25) is 0 Å². The van der Waals surface area contributed by atoms with E-state index in [1.165, 1.54) is 39.9 Å². The molecule has 1 heterocycles. The molecule has 22 heavy (non-hydrogen) atoms. The second kappa shape index (κ2) is 5.01. The number of fused-ring (bicyclic) bond motifs is 3. The van der Waals surface area contributed by atoms with Crippen LogP contribution in [0.3, 0.4) is 0 Å². The smallest absolute Gasteiger partial charge is 0.0554 e. The zero-order chi connectivity index (χ0) is 15.3. The molecular formula is C21H23N. The molecule has 1 N–H and O–H groups in total. The summed E-state index contributed by atoms with van der Waals surface area (Å²) in [6.45, 7) is 6.60. The molecule has 3 unspecified atom stereocenters. The summed E-state index contributed by atoms with van der Waals surface area (Å²) in [4.78, 5) is 0. The lowest BCUT2D eigenvalue weighted by molar-refractivity contribution is 0.425. The van der Waals surface area contributed by atoms with Crippen molar-refractivity contribution in [2.75, 3.05) is 5.32 Å². The zero-order valence-corrected chi connectivity index (χ0v) is 13.6. The normalized spacial score (nSPS) is 25.5. The topological polar surface area (TPSA) is 12.0 Å². The predicted octanol–water partition coefficient (Wildman–Crippen LogP) is 5.44. The molecule has 4 rings (SSSR count). The van der Waals surface area contributed by atoms with Crippen molar-refractivity contribution in [1.82, 2.24) is 0 Å². The van der Waals surface area contributed by atoms with E-state index in [0.29, 0.717) is 17.9 Å². The number of nitrogens with one attached hydrogen (secondary N) is 1. The molecule has 112 valence electrons. The van der Waals surface area contributed by atoms with Gasteiger partial charge in [-0.25, -0.2) is 0 Å². The van der Waals surface area contributed by atoms with Gasteiger partial charge in [0.15, 0.2) is 0 Å². The van der Waals surface area contributed by atoms with Gasteiger partial charge in [0.25, 0.3) is 0 Å². The van der Waals surface area contributed by atoms with Crippen molar-refractivity contribution in [2.24, 2.45) is 5.92 Å². The average Bonchev–Trinajstić information content (AvgIpc) is 3.01. The number of anilines is 1. The SMILES string of the molecule is Cc1ccc(C2Nc3c(ccc(C)c3C)C3C=CCC32)cc1. The van der Waals surface area contributed by atoms with Crippen LogP contribution in [0.1, 0.15) is 46.2 Å². The maximum absolute atomic E-state index is 3.87. The van der Waals surface area contributed by atoms with Crippen molar-refractivity contribution in [3.63, 3.8) is 0 Å². The summed E-state index contributed by atoms with van der Waals surface area (Å²) < 4.78 is 0. The molecule has 0 saturated carbocycles.